The second-order valence-electron chi connectivity index (χ2n) is 3.99. The van der Waals surface area contributed by atoms with Crippen LogP contribution in [-0.4, -0.2) is 36.5 Å². The summed E-state index contributed by atoms with van der Waals surface area (Å²) in [7, 11) is 1.23. The Kier molecular flexibility index (Phi) is 3.49. The van der Waals surface area contributed by atoms with Gasteiger partial charge in [-0.1, -0.05) is 0 Å². The van der Waals surface area contributed by atoms with E-state index < -0.39 is 11.9 Å². The van der Waals surface area contributed by atoms with Gasteiger partial charge < -0.3 is 9.64 Å². The van der Waals surface area contributed by atoms with E-state index >= 15 is 0 Å². The van der Waals surface area contributed by atoms with Crippen molar-refractivity contribution in [3.63, 3.8) is 0 Å². The monoisotopic (exact) mass is 199 g/mol. The van der Waals surface area contributed by atoms with E-state index in [2.05, 4.69) is 4.74 Å². The molecule has 4 heteroatoms. The van der Waals surface area contributed by atoms with E-state index in [-0.39, 0.29) is 6.04 Å². The lowest BCUT2D eigenvalue weighted by atomic mass is 10.2. The lowest BCUT2D eigenvalue weighted by molar-refractivity contribution is -0.159. The first-order chi connectivity index (χ1) is 6.56. The molecule has 0 unspecified atom stereocenters. The van der Waals surface area contributed by atoms with Crippen LogP contribution >= 0.6 is 0 Å². The van der Waals surface area contributed by atoms with Crippen LogP contribution in [0.4, 0.5) is 0 Å². The Balaban J connectivity index is 2.55. The van der Waals surface area contributed by atoms with Gasteiger partial charge in [0.05, 0.1) is 7.11 Å². The van der Waals surface area contributed by atoms with Gasteiger partial charge in [0.15, 0.2) is 0 Å². The van der Waals surface area contributed by atoms with Crippen molar-refractivity contribution in [3.05, 3.63) is 0 Å². The summed E-state index contributed by atoms with van der Waals surface area (Å²) in [4.78, 5) is 24.2. The molecule has 0 spiro atoms. The first-order valence-electron chi connectivity index (χ1n) is 4.95. The van der Waals surface area contributed by atoms with Crippen molar-refractivity contribution in [1.29, 1.82) is 0 Å². The van der Waals surface area contributed by atoms with Crippen LogP contribution < -0.4 is 0 Å². The highest BCUT2D eigenvalue weighted by atomic mass is 16.5. The molecule has 0 bridgehead atoms. The summed E-state index contributed by atoms with van der Waals surface area (Å²) in [6, 6.07) is 0.0576. The average molecular weight is 199 g/mol. The molecule has 1 rings (SSSR count). The van der Waals surface area contributed by atoms with Gasteiger partial charge in [-0.15, -0.1) is 0 Å². The van der Waals surface area contributed by atoms with Gasteiger partial charge >= 0.3 is 11.9 Å². The zero-order chi connectivity index (χ0) is 10.7. The number of esters is 1. The van der Waals surface area contributed by atoms with Crippen LogP contribution in [0.2, 0.25) is 0 Å². The highest BCUT2D eigenvalue weighted by Gasteiger charge is 2.31. The van der Waals surface area contributed by atoms with Crippen molar-refractivity contribution < 1.29 is 14.3 Å². The van der Waals surface area contributed by atoms with Gasteiger partial charge in [0.25, 0.3) is 0 Å². The standard InChI is InChI=1S/C10H17NO3/c1-7(2)11(6-8-4-5-8)9(12)10(13)14-3/h7-8H,4-6H2,1-3H3. The third kappa shape index (κ3) is 2.72. The summed E-state index contributed by atoms with van der Waals surface area (Å²) >= 11 is 0. The number of hydrogen-bond donors (Lipinski definition) is 0. The molecule has 0 heterocycles. The molecular weight excluding hydrogens is 182 g/mol. The van der Waals surface area contributed by atoms with Gasteiger partial charge in [0, 0.05) is 12.6 Å². The molecule has 0 atom stereocenters. The third-order valence-corrected chi connectivity index (χ3v) is 2.40. The fraction of sp³-hybridized carbons (Fsp3) is 0.800. The minimum Gasteiger partial charge on any atom is -0.462 e. The van der Waals surface area contributed by atoms with Crippen molar-refractivity contribution in [2.45, 2.75) is 32.7 Å². The van der Waals surface area contributed by atoms with Crippen molar-refractivity contribution in [1.82, 2.24) is 4.90 Å². The molecule has 14 heavy (non-hydrogen) atoms. The summed E-state index contributed by atoms with van der Waals surface area (Å²) in [6.07, 6.45) is 2.33. The fourth-order valence-electron chi connectivity index (χ4n) is 1.31. The van der Waals surface area contributed by atoms with Crippen molar-refractivity contribution in [3.8, 4) is 0 Å². The zero-order valence-corrected chi connectivity index (χ0v) is 8.95. The highest BCUT2D eigenvalue weighted by molar-refractivity contribution is 6.32. The fourth-order valence-corrected chi connectivity index (χ4v) is 1.31. The van der Waals surface area contributed by atoms with Crippen molar-refractivity contribution in [2.75, 3.05) is 13.7 Å². The molecule has 80 valence electrons. The van der Waals surface area contributed by atoms with E-state index in [1.54, 1.807) is 4.90 Å². The second-order valence-corrected chi connectivity index (χ2v) is 3.99. The van der Waals surface area contributed by atoms with Crippen LogP contribution in [0.25, 0.3) is 0 Å². The number of ether oxygens (including phenoxy) is 1. The van der Waals surface area contributed by atoms with Gasteiger partial charge in [-0.05, 0) is 32.6 Å². The lowest BCUT2D eigenvalue weighted by Crippen LogP contribution is -2.43. The predicted molar refractivity (Wildman–Crippen MR) is 51.6 cm³/mol. The van der Waals surface area contributed by atoms with Crippen LogP contribution in [0.5, 0.6) is 0 Å². The topological polar surface area (TPSA) is 46.6 Å². The maximum atomic E-state index is 11.5. The number of methoxy groups -OCH3 is 1. The van der Waals surface area contributed by atoms with Gasteiger partial charge in [-0.3, -0.25) is 4.79 Å². The minimum atomic E-state index is -0.764. The molecule has 0 aromatic rings. The Morgan fingerprint density at radius 2 is 2.00 bits per heavy atom. The van der Waals surface area contributed by atoms with Crippen LogP contribution in [0.15, 0.2) is 0 Å². The molecule has 1 amide bonds. The molecule has 0 N–H and O–H groups in total. The molecule has 0 radical (unpaired) electrons. The van der Waals surface area contributed by atoms with Crippen LogP contribution in [0.1, 0.15) is 26.7 Å². The number of nitrogens with zero attached hydrogens (tertiary/aromatic N) is 1. The Morgan fingerprint density at radius 3 is 2.36 bits per heavy atom. The van der Waals surface area contributed by atoms with E-state index in [0.717, 1.165) is 12.8 Å². The summed E-state index contributed by atoms with van der Waals surface area (Å²) in [5, 5.41) is 0. The molecule has 1 aliphatic rings. The van der Waals surface area contributed by atoms with E-state index in [4.69, 9.17) is 0 Å². The molecule has 1 fully saturated rings. The van der Waals surface area contributed by atoms with Gasteiger partial charge in [-0.25, -0.2) is 4.79 Å². The molecule has 0 saturated heterocycles. The summed E-state index contributed by atoms with van der Waals surface area (Å²) < 4.78 is 4.41. The molecule has 0 aromatic heterocycles. The smallest absolute Gasteiger partial charge is 0.396 e. The van der Waals surface area contributed by atoms with Gasteiger partial charge in [-0.2, -0.15) is 0 Å². The normalized spacial score (nSPS) is 15.4. The summed E-state index contributed by atoms with van der Waals surface area (Å²) in [5.41, 5.74) is 0. The second kappa shape index (κ2) is 4.44. The highest BCUT2D eigenvalue weighted by Crippen LogP contribution is 2.30. The maximum absolute atomic E-state index is 11.5. The third-order valence-electron chi connectivity index (χ3n) is 2.40. The predicted octanol–water partition coefficient (Wildman–Crippen LogP) is 0.806. The zero-order valence-electron chi connectivity index (χ0n) is 8.95. The average Bonchev–Trinajstić information content (AvgIpc) is 2.95. The largest absolute Gasteiger partial charge is 0.462 e. The Labute approximate surface area is 84.2 Å². The molecule has 0 aromatic carbocycles. The van der Waals surface area contributed by atoms with E-state index in [0.29, 0.717) is 12.5 Å². The van der Waals surface area contributed by atoms with Crippen LogP contribution in [-0.2, 0) is 14.3 Å². The SMILES string of the molecule is COC(=O)C(=O)N(CC1CC1)C(C)C. The van der Waals surface area contributed by atoms with Crippen LogP contribution in [0.3, 0.4) is 0 Å². The molecule has 4 nitrogen and oxygen atoms in total. The Hall–Kier alpha value is -1.06. The van der Waals surface area contributed by atoms with E-state index in [1.807, 2.05) is 13.8 Å². The summed E-state index contributed by atoms with van der Waals surface area (Å²) in [5.74, 6) is -0.695. The minimum absolute atomic E-state index is 0.0576. The van der Waals surface area contributed by atoms with Crippen molar-refractivity contribution in [2.24, 2.45) is 5.92 Å². The van der Waals surface area contributed by atoms with E-state index in [9.17, 15) is 9.59 Å². The van der Waals surface area contributed by atoms with Crippen molar-refractivity contribution >= 4 is 11.9 Å². The molecule has 0 aliphatic heterocycles. The number of rotatable bonds is 3. The number of carbonyl (C=O) groups excluding carboxylic acids is 2. The number of hydrogen-bond acceptors (Lipinski definition) is 3. The van der Waals surface area contributed by atoms with Crippen LogP contribution in [0, 0.1) is 5.92 Å². The molecular formula is C10H17NO3. The Morgan fingerprint density at radius 1 is 1.43 bits per heavy atom. The Bertz CT molecular complexity index is 234. The van der Waals surface area contributed by atoms with Gasteiger partial charge in [0.2, 0.25) is 0 Å². The quantitative estimate of drug-likeness (QED) is 0.499. The van der Waals surface area contributed by atoms with Gasteiger partial charge in [0.1, 0.15) is 0 Å². The number of amides is 1. The first kappa shape index (κ1) is 11.0. The molecule has 1 aliphatic carbocycles. The maximum Gasteiger partial charge on any atom is 0.396 e. The lowest BCUT2D eigenvalue weighted by Gasteiger charge is -2.25. The molecule has 1 saturated carbocycles. The first-order valence-corrected chi connectivity index (χ1v) is 4.95. The van der Waals surface area contributed by atoms with E-state index in [1.165, 1.54) is 7.11 Å². The summed E-state index contributed by atoms with van der Waals surface area (Å²) in [6.45, 7) is 4.50. The number of carbonyl (C=O) groups is 2.